The van der Waals surface area contributed by atoms with Crippen molar-refractivity contribution in [2.24, 2.45) is 7.05 Å². The number of nitrogens with zero attached hydrogens (tertiary/aromatic N) is 3. The first kappa shape index (κ1) is 22.0. The Bertz CT molecular complexity index is 1180. The van der Waals surface area contributed by atoms with Crippen molar-refractivity contribution in [1.82, 2.24) is 14.0 Å². The van der Waals surface area contributed by atoms with E-state index < -0.39 is 17.0 Å². The molecule has 8 heteroatoms. The standard InChI is InChI=1S/C23H26N4O4/c1-25(13-17-9-11-18(31-3)12-10-17)15-19(28)20-21(24)27(23(30)26(2)22(20)29)14-16-7-5-4-6-8-16/h4-12H,13-15,24H2,1-3H3. The number of nitrogen functional groups attached to an aromatic ring is 1. The Hall–Kier alpha value is -3.65. The Morgan fingerprint density at radius 2 is 1.68 bits per heavy atom. The highest BCUT2D eigenvalue weighted by molar-refractivity contribution is 6.01. The van der Waals surface area contributed by atoms with Crippen LogP contribution in [0.1, 0.15) is 21.5 Å². The van der Waals surface area contributed by atoms with E-state index >= 15 is 0 Å². The first-order valence-corrected chi connectivity index (χ1v) is 9.79. The molecule has 2 aromatic carbocycles. The van der Waals surface area contributed by atoms with Gasteiger partial charge in [0.1, 0.15) is 17.1 Å². The molecule has 0 fully saturated rings. The number of likely N-dealkylation sites (N-methyl/N-ethyl adjacent to an activating group) is 1. The number of nitrogens with two attached hydrogens (primary N) is 1. The van der Waals surface area contributed by atoms with Crippen molar-refractivity contribution in [1.29, 1.82) is 0 Å². The molecular weight excluding hydrogens is 396 g/mol. The van der Waals surface area contributed by atoms with Gasteiger partial charge in [-0.05, 0) is 30.3 Å². The van der Waals surface area contributed by atoms with E-state index in [4.69, 9.17) is 10.5 Å². The zero-order valence-corrected chi connectivity index (χ0v) is 17.9. The summed E-state index contributed by atoms with van der Waals surface area (Å²) in [5, 5.41) is 0. The molecule has 0 aliphatic rings. The predicted octanol–water partition coefficient (Wildman–Crippen LogP) is 1.50. The van der Waals surface area contributed by atoms with E-state index in [9.17, 15) is 14.4 Å². The van der Waals surface area contributed by atoms with Crippen molar-refractivity contribution in [3.05, 3.63) is 92.1 Å². The number of Topliss-reactive ketones (excluding diaryl/α,β-unsaturated/α-hetero) is 1. The Kier molecular flexibility index (Phi) is 6.71. The molecule has 0 saturated carbocycles. The molecule has 0 aliphatic carbocycles. The van der Waals surface area contributed by atoms with Gasteiger partial charge in [0.15, 0.2) is 5.78 Å². The number of rotatable bonds is 8. The fourth-order valence-electron chi connectivity index (χ4n) is 3.39. The van der Waals surface area contributed by atoms with Crippen molar-refractivity contribution in [3.8, 4) is 5.75 Å². The van der Waals surface area contributed by atoms with E-state index in [0.717, 1.165) is 21.4 Å². The zero-order chi connectivity index (χ0) is 22.5. The molecule has 0 radical (unpaired) electrons. The fraction of sp³-hybridized carbons (Fsp3) is 0.261. The molecule has 0 unspecified atom stereocenters. The van der Waals surface area contributed by atoms with Gasteiger partial charge in [-0.15, -0.1) is 0 Å². The highest BCUT2D eigenvalue weighted by atomic mass is 16.5. The highest BCUT2D eigenvalue weighted by Gasteiger charge is 2.22. The molecule has 3 aromatic rings. The summed E-state index contributed by atoms with van der Waals surface area (Å²) in [6, 6.07) is 16.8. The topological polar surface area (TPSA) is 99.6 Å². The van der Waals surface area contributed by atoms with Gasteiger partial charge in [-0.1, -0.05) is 42.5 Å². The van der Waals surface area contributed by atoms with Crippen molar-refractivity contribution < 1.29 is 9.53 Å². The minimum absolute atomic E-state index is 0.0188. The SMILES string of the molecule is COc1ccc(CN(C)CC(=O)c2c(N)n(Cc3ccccc3)c(=O)n(C)c2=O)cc1. The maximum Gasteiger partial charge on any atom is 0.332 e. The van der Waals surface area contributed by atoms with Crippen LogP contribution in [-0.4, -0.2) is 40.5 Å². The molecule has 1 heterocycles. The lowest BCUT2D eigenvalue weighted by molar-refractivity contribution is 0.0941. The molecular formula is C23H26N4O4. The summed E-state index contributed by atoms with van der Waals surface area (Å²) in [6.45, 7) is 0.649. The van der Waals surface area contributed by atoms with Crippen LogP contribution in [0.25, 0.3) is 0 Å². The van der Waals surface area contributed by atoms with Gasteiger partial charge in [-0.25, -0.2) is 4.79 Å². The number of hydrogen-bond donors (Lipinski definition) is 1. The van der Waals surface area contributed by atoms with E-state index in [0.29, 0.717) is 6.54 Å². The summed E-state index contributed by atoms with van der Waals surface area (Å²) in [5.74, 6) is 0.204. The second-order valence-electron chi connectivity index (χ2n) is 7.42. The summed E-state index contributed by atoms with van der Waals surface area (Å²) >= 11 is 0. The molecule has 2 N–H and O–H groups in total. The first-order chi connectivity index (χ1) is 14.8. The van der Waals surface area contributed by atoms with Crippen LogP contribution in [0, 0.1) is 0 Å². The van der Waals surface area contributed by atoms with Crippen molar-refractivity contribution in [3.63, 3.8) is 0 Å². The minimum Gasteiger partial charge on any atom is -0.497 e. The van der Waals surface area contributed by atoms with Crippen LogP contribution in [0.15, 0.2) is 64.2 Å². The van der Waals surface area contributed by atoms with Crippen LogP contribution in [0.2, 0.25) is 0 Å². The van der Waals surface area contributed by atoms with E-state index in [2.05, 4.69) is 0 Å². The predicted molar refractivity (Wildman–Crippen MR) is 120 cm³/mol. The van der Waals surface area contributed by atoms with Gasteiger partial charge >= 0.3 is 5.69 Å². The van der Waals surface area contributed by atoms with Crippen molar-refractivity contribution in [2.75, 3.05) is 26.4 Å². The molecule has 8 nitrogen and oxygen atoms in total. The molecule has 0 amide bonds. The number of anilines is 1. The third-order valence-electron chi connectivity index (χ3n) is 5.07. The van der Waals surface area contributed by atoms with E-state index in [-0.39, 0.29) is 24.5 Å². The average Bonchev–Trinajstić information content (AvgIpc) is 2.76. The lowest BCUT2D eigenvalue weighted by atomic mass is 10.1. The average molecular weight is 422 g/mol. The summed E-state index contributed by atoms with van der Waals surface area (Å²) < 4.78 is 7.33. The van der Waals surface area contributed by atoms with E-state index in [1.165, 1.54) is 11.6 Å². The van der Waals surface area contributed by atoms with Crippen LogP contribution in [0.3, 0.4) is 0 Å². The number of aromatic nitrogens is 2. The van der Waals surface area contributed by atoms with Gasteiger partial charge in [-0.3, -0.25) is 23.6 Å². The molecule has 3 rings (SSSR count). The van der Waals surface area contributed by atoms with E-state index in [1.54, 1.807) is 19.1 Å². The van der Waals surface area contributed by atoms with Gasteiger partial charge in [0.25, 0.3) is 5.56 Å². The number of benzene rings is 2. The van der Waals surface area contributed by atoms with Gasteiger partial charge in [-0.2, -0.15) is 0 Å². The summed E-state index contributed by atoms with van der Waals surface area (Å²) in [5.41, 5.74) is 6.58. The number of methoxy groups -OCH3 is 1. The third kappa shape index (κ3) is 4.92. The van der Waals surface area contributed by atoms with Gasteiger partial charge in [0, 0.05) is 13.6 Å². The summed E-state index contributed by atoms with van der Waals surface area (Å²) in [7, 11) is 4.73. The molecule has 162 valence electrons. The number of hydrogen-bond acceptors (Lipinski definition) is 6. The molecule has 0 bridgehead atoms. The Morgan fingerprint density at radius 1 is 1.03 bits per heavy atom. The third-order valence-corrected chi connectivity index (χ3v) is 5.07. The lowest BCUT2D eigenvalue weighted by Gasteiger charge is -2.18. The van der Waals surface area contributed by atoms with Crippen LogP contribution in [0.4, 0.5) is 5.82 Å². The zero-order valence-electron chi connectivity index (χ0n) is 17.9. The van der Waals surface area contributed by atoms with Crippen molar-refractivity contribution >= 4 is 11.6 Å². The Morgan fingerprint density at radius 3 is 2.29 bits per heavy atom. The van der Waals surface area contributed by atoms with Crippen LogP contribution >= 0.6 is 0 Å². The highest BCUT2D eigenvalue weighted by Crippen LogP contribution is 2.14. The van der Waals surface area contributed by atoms with Crippen LogP contribution in [0.5, 0.6) is 5.75 Å². The largest absolute Gasteiger partial charge is 0.497 e. The maximum absolute atomic E-state index is 13.0. The number of carbonyl (C=O) groups excluding carboxylic acids is 1. The summed E-state index contributed by atoms with van der Waals surface area (Å²) in [4.78, 5) is 40.1. The van der Waals surface area contributed by atoms with Crippen molar-refractivity contribution in [2.45, 2.75) is 13.1 Å². The Balaban J connectivity index is 1.85. The number of ketones is 1. The molecule has 1 aromatic heterocycles. The minimum atomic E-state index is -0.686. The fourth-order valence-corrected chi connectivity index (χ4v) is 3.39. The normalized spacial score (nSPS) is 11.0. The molecule has 0 saturated heterocycles. The molecule has 0 aliphatic heterocycles. The molecule has 0 atom stereocenters. The van der Waals surface area contributed by atoms with Gasteiger partial charge < -0.3 is 10.5 Å². The maximum atomic E-state index is 13.0. The first-order valence-electron chi connectivity index (χ1n) is 9.79. The van der Waals surface area contributed by atoms with Gasteiger partial charge in [0.05, 0.1) is 20.2 Å². The number of ether oxygens (including phenoxy) is 1. The van der Waals surface area contributed by atoms with Crippen LogP contribution < -0.4 is 21.7 Å². The monoisotopic (exact) mass is 422 g/mol. The van der Waals surface area contributed by atoms with Gasteiger partial charge in [0.2, 0.25) is 0 Å². The second kappa shape index (κ2) is 9.44. The van der Waals surface area contributed by atoms with E-state index in [1.807, 2.05) is 54.6 Å². The summed E-state index contributed by atoms with van der Waals surface area (Å²) in [6.07, 6.45) is 0. The smallest absolute Gasteiger partial charge is 0.332 e. The molecule has 0 spiro atoms. The Labute approximate surface area is 180 Å². The quantitative estimate of drug-likeness (QED) is 0.553. The number of carbonyl (C=O) groups is 1. The molecule has 31 heavy (non-hydrogen) atoms. The lowest BCUT2D eigenvalue weighted by Crippen LogP contribution is -2.44. The second-order valence-corrected chi connectivity index (χ2v) is 7.42. The van der Waals surface area contributed by atoms with Crippen LogP contribution in [-0.2, 0) is 20.1 Å².